The van der Waals surface area contributed by atoms with Crippen LogP contribution >= 0.6 is 0 Å². The van der Waals surface area contributed by atoms with E-state index in [2.05, 4.69) is 10.6 Å². The molecular weight excluding hydrogens is 348 g/mol. The highest BCUT2D eigenvalue weighted by Gasteiger charge is 2.15. The Morgan fingerprint density at radius 1 is 0.852 bits per heavy atom. The minimum atomic E-state index is -0.296. The number of carbonyl (C=O) groups is 2. The molecule has 0 unspecified atom stereocenters. The van der Waals surface area contributed by atoms with Crippen molar-refractivity contribution >= 4 is 23.2 Å². The van der Waals surface area contributed by atoms with Gasteiger partial charge in [-0.2, -0.15) is 0 Å². The molecule has 0 saturated heterocycles. The summed E-state index contributed by atoms with van der Waals surface area (Å²) in [6, 6.07) is 9.98. The standard InChI is InChI=1S/C20H24N2O5/c1-5-6-18(23)21-14-9-7-13(8-10-14)20(24)22-15-11-16(25-2)19(27-4)17(12-15)26-3/h7-12H,5-6H2,1-4H3,(H,21,23)(H,22,24). The quantitative estimate of drug-likeness (QED) is 0.738. The molecule has 0 radical (unpaired) electrons. The molecule has 0 aliphatic rings. The van der Waals surface area contributed by atoms with Gasteiger partial charge in [0.2, 0.25) is 11.7 Å². The highest BCUT2D eigenvalue weighted by atomic mass is 16.5. The van der Waals surface area contributed by atoms with Crippen LogP contribution in [0, 0.1) is 0 Å². The van der Waals surface area contributed by atoms with Crippen LogP contribution in [-0.2, 0) is 4.79 Å². The minimum absolute atomic E-state index is 0.0490. The molecule has 0 spiro atoms. The summed E-state index contributed by atoms with van der Waals surface area (Å²) in [6.45, 7) is 1.94. The van der Waals surface area contributed by atoms with Crippen molar-refractivity contribution in [2.24, 2.45) is 0 Å². The Labute approximate surface area is 158 Å². The summed E-state index contributed by atoms with van der Waals surface area (Å²) in [6.07, 6.45) is 1.24. The van der Waals surface area contributed by atoms with Crippen molar-refractivity contribution in [2.75, 3.05) is 32.0 Å². The van der Waals surface area contributed by atoms with Crippen LogP contribution < -0.4 is 24.8 Å². The van der Waals surface area contributed by atoms with E-state index in [9.17, 15) is 9.59 Å². The van der Waals surface area contributed by atoms with Crippen molar-refractivity contribution in [3.05, 3.63) is 42.0 Å². The highest BCUT2D eigenvalue weighted by Crippen LogP contribution is 2.40. The Morgan fingerprint density at radius 3 is 1.93 bits per heavy atom. The monoisotopic (exact) mass is 372 g/mol. The Bertz CT molecular complexity index is 778. The fourth-order valence-electron chi connectivity index (χ4n) is 2.51. The number of anilines is 2. The molecule has 27 heavy (non-hydrogen) atoms. The van der Waals surface area contributed by atoms with Gasteiger partial charge in [-0.05, 0) is 30.7 Å². The maximum atomic E-state index is 12.5. The molecule has 0 aromatic heterocycles. The lowest BCUT2D eigenvalue weighted by Gasteiger charge is -2.14. The van der Waals surface area contributed by atoms with Crippen molar-refractivity contribution in [1.82, 2.24) is 0 Å². The van der Waals surface area contributed by atoms with Crippen molar-refractivity contribution in [3.8, 4) is 17.2 Å². The van der Waals surface area contributed by atoms with Crippen LogP contribution in [0.15, 0.2) is 36.4 Å². The van der Waals surface area contributed by atoms with E-state index in [1.165, 1.54) is 21.3 Å². The van der Waals surface area contributed by atoms with Gasteiger partial charge in [0, 0.05) is 35.5 Å². The van der Waals surface area contributed by atoms with Gasteiger partial charge in [0.15, 0.2) is 11.5 Å². The summed E-state index contributed by atoms with van der Waals surface area (Å²) in [5.74, 6) is 0.996. The molecule has 0 heterocycles. The molecule has 144 valence electrons. The van der Waals surface area contributed by atoms with Crippen LogP contribution in [0.4, 0.5) is 11.4 Å². The van der Waals surface area contributed by atoms with Gasteiger partial charge in [-0.25, -0.2) is 0 Å². The number of benzene rings is 2. The van der Waals surface area contributed by atoms with Crippen LogP contribution in [0.25, 0.3) is 0 Å². The maximum absolute atomic E-state index is 12.5. The predicted molar refractivity (Wildman–Crippen MR) is 104 cm³/mol. The SMILES string of the molecule is CCCC(=O)Nc1ccc(C(=O)Nc2cc(OC)c(OC)c(OC)c2)cc1. The number of methoxy groups -OCH3 is 3. The van der Waals surface area contributed by atoms with Crippen LogP contribution in [0.3, 0.4) is 0 Å². The zero-order valence-corrected chi connectivity index (χ0v) is 15.9. The van der Waals surface area contributed by atoms with Gasteiger partial charge in [-0.15, -0.1) is 0 Å². The minimum Gasteiger partial charge on any atom is -0.493 e. The molecule has 2 aromatic carbocycles. The number of hydrogen-bond donors (Lipinski definition) is 2. The third kappa shape index (κ3) is 5.13. The second-order valence-electron chi connectivity index (χ2n) is 5.74. The lowest BCUT2D eigenvalue weighted by molar-refractivity contribution is -0.116. The number of nitrogens with one attached hydrogen (secondary N) is 2. The fraction of sp³-hybridized carbons (Fsp3) is 0.300. The first kappa shape index (κ1) is 20.1. The van der Waals surface area contributed by atoms with Crippen LogP contribution in [-0.4, -0.2) is 33.1 Å². The van der Waals surface area contributed by atoms with Crippen LogP contribution in [0.5, 0.6) is 17.2 Å². The van der Waals surface area contributed by atoms with E-state index in [1.807, 2.05) is 6.92 Å². The molecule has 2 amide bonds. The molecule has 7 nitrogen and oxygen atoms in total. The van der Waals surface area contributed by atoms with E-state index >= 15 is 0 Å². The number of ether oxygens (including phenoxy) is 3. The normalized spacial score (nSPS) is 10.1. The zero-order chi connectivity index (χ0) is 19.8. The lowest BCUT2D eigenvalue weighted by atomic mass is 10.1. The van der Waals surface area contributed by atoms with Crippen molar-refractivity contribution < 1.29 is 23.8 Å². The molecule has 0 bridgehead atoms. The van der Waals surface area contributed by atoms with Crippen LogP contribution in [0.1, 0.15) is 30.1 Å². The molecule has 2 aromatic rings. The first-order valence-corrected chi connectivity index (χ1v) is 8.53. The van der Waals surface area contributed by atoms with Gasteiger partial charge in [-0.1, -0.05) is 6.92 Å². The molecule has 0 aliphatic carbocycles. The summed E-state index contributed by atoms with van der Waals surface area (Å²) in [7, 11) is 4.53. The van der Waals surface area contributed by atoms with Crippen molar-refractivity contribution in [3.63, 3.8) is 0 Å². The Kier molecular flexibility index (Phi) is 7.05. The summed E-state index contributed by atoms with van der Waals surface area (Å²) in [5, 5.41) is 5.58. The number of amides is 2. The Morgan fingerprint density at radius 2 is 1.44 bits per heavy atom. The Hall–Kier alpha value is -3.22. The van der Waals surface area contributed by atoms with Gasteiger partial charge >= 0.3 is 0 Å². The molecule has 2 N–H and O–H groups in total. The smallest absolute Gasteiger partial charge is 0.255 e. The molecule has 2 rings (SSSR count). The zero-order valence-electron chi connectivity index (χ0n) is 15.9. The van der Waals surface area contributed by atoms with E-state index in [0.29, 0.717) is 40.6 Å². The second-order valence-corrected chi connectivity index (χ2v) is 5.74. The van der Waals surface area contributed by atoms with E-state index in [-0.39, 0.29) is 11.8 Å². The number of carbonyl (C=O) groups excluding carboxylic acids is 2. The first-order chi connectivity index (χ1) is 13.0. The van der Waals surface area contributed by atoms with E-state index in [4.69, 9.17) is 14.2 Å². The molecule has 7 heteroatoms. The number of rotatable bonds is 8. The summed E-state index contributed by atoms with van der Waals surface area (Å²) in [5.41, 5.74) is 1.62. The Balaban J connectivity index is 2.14. The summed E-state index contributed by atoms with van der Waals surface area (Å²) >= 11 is 0. The summed E-state index contributed by atoms with van der Waals surface area (Å²) < 4.78 is 15.8. The molecular formula is C20H24N2O5. The number of hydrogen-bond acceptors (Lipinski definition) is 5. The maximum Gasteiger partial charge on any atom is 0.255 e. The van der Waals surface area contributed by atoms with Gasteiger partial charge in [0.05, 0.1) is 21.3 Å². The summed E-state index contributed by atoms with van der Waals surface area (Å²) in [4.78, 5) is 24.1. The van der Waals surface area contributed by atoms with Crippen molar-refractivity contribution in [2.45, 2.75) is 19.8 Å². The largest absolute Gasteiger partial charge is 0.493 e. The molecule has 0 saturated carbocycles. The average Bonchev–Trinajstić information content (AvgIpc) is 2.67. The third-order valence-electron chi connectivity index (χ3n) is 3.83. The van der Waals surface area contributed by atoms with Gasteiger partial charge in [0.1, 0.15) is 0 Å². The first-order valence-electron chi connectivity index (χ1n) is 8.53. The van der Waals surface area contributed by atoms with Gasteiger partial charge < -0.3 is 24.8 Å². The van der Waals surface area contributed by atoms with E-state index < -0.39 is 0 Å². The van der Waals surface area contributed by atoms with Gasteiger partial charge in [-0.3, -0.25) is 9.59 Å². The van der Waals surface area contributed by atoms with E-state index in [1.54, 1.807) is 36.4 Å². The topological polar surface area (TPSA) is 85.9 Å². The van der Waals surface area contributed by atoms with E-state index in [0.717, 1.165) is 6.42 Å². The lowest BCUT2D eigenvalue weighted by Crippen LogP contribution is -2.13. The van der Waals surface area contributed by atoms with Crippen molar-refractivity contribution in [1.29, 1.82) is 0 Å². The highest BCUT2D eigenvalue weighted by molar-refractivity contribution is 6.05. The van der Waals surface area contributed by atoms with Gasteiger partial charge in [0.25, 0.3) is 5.91 Å². The third-order valence-corrected chi connectivity index (χ3v) is 3.83. The molecule has 0 aliphatic heterocycles. The molecule has 0 atom stereocenters. The molecule has 0 fully saturated rings. The predicted octanol–water partition coefficient (Wildman–Crippen LogP) is 3.70. The second kappa shape index (κ2) is 9.47. The van der Waals surface area contributed by atoms with Crippen LogP contribution in [0.2, 0.25) is 0 Å². The fourth-order valence-corrected chi connectivity index (χ4v) is 2.51. The average molecular weight is 372 g/mol.